The molecule has 0 heteroatoms. The van der Waals surface area contributed by atoms with E-state index >= 15 is 0 Å². The van der Waals surface area contributed by atoms with Gasteiger partial charge in [-0.05, 0) is 5.92 Å². The first kappa shape index (κ1) is 12.0. The first-order valence-electron chi connectivity index (χ1n) is 5.81. The molecule has 0 aromatic carbocycles. The summed E-state index contributed by atoms with van der Waals surface area (Å²) < 4.78 is 0. The molecule has 12 heavy (non-hydrogen) atoms. The van der Waals surface area contributed by atoms with E-state index in [4.69, 9.17) is 0 Å². The Hall–Kier alpha value is 0. The Bertz CT molecular complexity index is 64.1. The van der Waals surface area contributed by atoms with Crippen molar-refractivity contribution in [2.24, 2.45) is 5.92 Å². The molecule has 74 valence electrons. The van der Waals surface area contributed by atoms with Crippen molar-refractivity contribution in [1.82, 2.24) is 0 Å². The van der Waals surface area contributed by atoms with Crippen LogP contribution >= 0.6 is 0 Å². The predicted octanol–water partition coefficient (Wildman–Crippen LogP) is 4.78. The summed E-state index contributed by atoms with van der Waals surface area (Å²) in [6.07, 6.45) is 11.7. The number of hydrogen-bond donors (Lipinski definition) is 0. The molecule has 0 bridgehead atoms. The van der Waals surface area contributed by atoms with E-state index in [0.29, 0.717) is 0 Å². The largest absolute Gasteiger partial charge is 0.0656 e. The summed E-state index contributed by atoms with van der Waals surface area (Å²) in [6, 6.07) is 0. The van der Waals surface area contributed by atoms with E-state index < -0.39 is 0 Å². The molecule has 2 aliphatic rings. The fourth-order valence-electron chi connectivity index (χ4n) is 0.862. The van der Waals surface area contributed by atoms with Gasteiger partial charge >= 0.3 is 0 Å². The molecule has 2 aliphatic carbocycles. The van der Waals surface area contributed by atoms with Crippen molar-refractivity contribution < 1.29 is 0 Å². The summed E-state index contributed by atoms with van der Waals surface area (Å²) in [4.78, 5) is 0. The Labute approximate surface area is 78.8 Å². The molecule has 0 radical (unpaired) electrons. The van der Waals surface area contributed by atoms with Crippen LogP contribution in [-0.4, -0.2) is 0 Å². The van der Waals surface area contributed by atoms with Crippen LogP contribution in [0.15, 0.2) is 0 Å². The molecule has 0 aliphatic heterocycles. The van der Waals surface area contributed by atoms with E-state index in [-0.39, 0.29) is 0 Å². The number of hydrogen-bond acceptors (Lipinski definition) is 0. The third-order valence-corrected chi connectivity index (χ3v) is 2.39. The maximum Gasteiger partial charge on any atom is -0.0443 e. The second-order valence-corrected chi connectivity index (χ2v) is 4.16. The minimum atomic E-state index is 1.06. The van der Waals surface area contributed by atoms with Crippen molar-refractivity contribution in [1.29, 1.82) is 0 Å². The lowest BCUT2D eigenvalue weighted by Crippen LogP contribution is -2.04. The van der Waals surface area contributed by atoms with Crippen LogP contribution in [0.2, 0.25) is 0 Å². The molecule has 0 aromatic heterocycles. The highest BCUT2D eigenvalue weighted by Gasteiger charge is 2.09. The molecule has 2 fully saturated rings. The second-order valence-electron chi connectivity index (χ2n) is 4.16. The summed E-state index contributed by atoms with van der Waals surface area (Å²) in [5, 5.41) is 0. The summed E-state index contributed by atoms with van der Waals surface area (Å²) in [5.41, 5.74) is 0. The minimum absolute atomic E-state index is 1.06. The fraction of sp³-hybridized carbons (Fsp3) is 1.00. The molecule has 0 spiro atoms. The topological polar surface area (TPSA) is 0 Å². The van der Waals surface area contributed by atoms with E-state index in [2.05, 4.69) is 20.8 Å². The highest BCUT2D eigenvalue weighted by Crippen LogP contribution is 2.24. The monoisotopic (exact) mass is 170 g/mol. The summed E-state index contributed by atoms with van der Waals surface area (Å²) in [7, 11) is 0. The van der Waals surface area contributed by atoms with Gasteiger partial charge in [-0.25, -0.2) is 0 Å². The summed E-state index contributed by atoms with van der Waals surface area (Å²) in [6.45, 7) is 6.56. The van der Waals surface area contributed by atoms with Crippen LogP contribution in [0.1, 0.15) is 72.1 Å². The third-order valence-electron chi connectivity index (χ3n) is 2.39. The van der Waals surface area contributed by atoms with Crippen LogP contribution in [0.5, 0.6) is 0 Å². The van der Waals surface area contributed by atoms with Gasteiger partial charge in [0, 0.05) is 0 Å². The molecule has 2 rings (SSSR count). The average molecular weight is 170 g/mol. The lowest BCUT2D eigenvalue weighted by Gasteiger charge is -2.18. The highest BCUT2D eigenvalue weighted by molar-refractivity contribution is 4.62. The molecule has 0 N–H and O–H groups in total. The van der Waals surface area contributed by atoms with Gasteiger partial charge in [-0.15, -0.1) is 0 Å². The van der Waals surface area contributed by atoms with E-state index in [1.54, 1.807) is 0 Å². The van der Waals surface area contributed by atoms with Gasteiger partial charge < -0.3 is 0 Å². The van der Waals surface area contributed by atoms with Crippen molar-refractivity contribution in [2.45, 2.75) is 72.1 Å². The van der Waals surface area contributed by atoms with E-state index in [0.717, 1.165) is 5.92 Å². The van der Waals surface area contributed by atoms with Gasteiger partial charge in [0.25, 0.3) is 0 Å². The van der Waals surface area contributed by atoms with Gasteiger partial charge in [0.15, 0.2) is 0 Å². The molecule has 0 aromatic rings. The summed E-state index contributed by atoms with van der Waals surface area (Å²) >= 11 is 0. The maximum atomic E-state index is 2.31. The Kier molecular flexibility index (Phi) is 9.09. The highest BCUT2D eigenvalue weighted by atomic mass is 14.1. The van der Waals surface area contributed by atoms with Crippen molar-refractivity contribution in [2.75, 3.05) is 0 Å². The van der Waals surface area contributed by atoms with Crippen molar-refractivity contribution >= 4 is 0 Å². The Morgan fingerprint density at radius 2 is 1.08 bits per heavy atom. The first-order valence-corrected chi connectivity index (χ1v) is 5.81. The first-order chi connectivity index (χ1) is 5.81. The molecular formula is C12H26. The van der Waals surface area contributed by atoms with E-state index in [1.165, 1.54) is 51.4 Å². The zero-order chi connectivity index (χ0) is 9.23. The zero-order valence-electron chi connectivity index (χ0n) is 9.23. The van der Waals surface area contributed by atoms with Crippen LogP contribution in [0.3, 0.4) is 0 Å². The van der Waals surface area contributed by atoms with Gasteiger partial charge in [0.05, 0.1) is 0 Å². The molecule has 2 saturated carbocycles. The van der Waals surface area contributed by atoms with E-state index in [9.17, 15) is 0 Å². The van der Waals surface area contributed by atoms with Gasteiger partial charge in [-0.1, -0.05) is 72.1 Å². The normalized spacial score (nSPS) is 20.2. The van der Waals surface area contributed by atoms with Crippen molar-refractivity contribution in [3.63, 3.8) is 0 Å². The zero-order valence-corrected chi connectivity index (χ0v) is 9.23. The lowest BCUT2D eigenvalue weighted by molar-refractivity contribution is 0.346. The Morgan fingerprint density at radius 1 is 0.833 bits per heavy atom. The van der Waals surface area contributed by atoms with Crippen LogP contribution < -0.4 is 0 Å². The van der Waals surface area contributed by atoms with Gasteiger partial charge in [0.1, 0.15) is 0 Å². The molecule has 0 saturated heterocycles. The Balaban J connectivity index is 0.000000158. The molecular weight excluding hydrogens is 144 g/mol. The average Bonchev–Trinajstić information content (AvgIpc) is 1.81. The Morgan fingerprint density at radius 3 is 1.08 bits per heavy atom. The van der Waals surface area contributed by atoms with Gasteiger partial charge in [-0.2, -0.15) is 0 Å². The predicted molar refractivity (Wildman–Crippen MR) is 57.4 cm³/mol. The van der Waals surface area contributed by atoms with Crippen LogP contribution in [-0.2, 0) is 0 Å². The number of rotatable bonds is 0. The van der Waals surface area contributed by atoms with Gasteiger partial charge in [-0.3, -0.25) is 0 Å². The van der Waals surface area contributed by atoms with Crippen LogP contribution in [0.25, 0.3) is 0 Å². The molecule has 0 heterocycles. The molecule has 0 unspecified atom stereocenters. The van der Waals surface area contributed by atoms with Crippen LogP contribution in [0, 0.1) is 5.92 Å². The van der Waals surface area contributed by atoms with Gasteiger partial charge in [0.2, 0.25) is 0 Å². The second kappa shape index (κ2) is 9.09. The third kappa shape index (κ3) is 8.10. The SMILES string of the molecule is C1CCC1.CC1CCC1.CCC. The molecule has 0 atom stereocenters. The lowest BCUT2D eigenvalue weighted by atomic mass is 9.88. The minimum Gasteiger partial charge on any atom is -0.0656 e. The van der Waals surface area contributed by atoms with Crippen LogP contribution in [0.4, 0.5) is 0 Å². The van der Waals surface area contributed by atoms with Crippen molar-refractivity contribution in [3.05, 3.63) is 0 Å². The smallest absolute Gasteiger partial charge is 0.0443 e. The molecule has 0 amide bonds. The molecule has 0 nitrogen and oxygen atoms in total. The quantitative estimate of drug-likeness (QED) is 0.490. The fourth-order valence-corrected chi connectivity index (χ4v) is 0.862. The standard InChI is InChI=1S/C5H10.C4H8.C3H8/c1-5-3-2-4-5;1-2-4-3-1;1-3-2/h5H,2-4H2,1H3;1-4H2;3H2,1-2H3. The maximum absolute atomic E-state index is 2.31. The van der Waals surface area contributed by atoms with E-state index in [1.807, 2.05) is 0 Å². The van der Waals surface area contributed by atoms with Crippen molar-refractivity contribution in [3.8, 4) is 0 Å². The summed E-state index contributed by atoms with van der Waals surface area (Å²) in [5.74, 6) is 1.06.